The van der Waals surface area contributed by atoms with Crippen molar-refractivity contribution in [2.45, 2.75) is 214 Å². The van der Waals surface area contributed by atoms with Crippen LogP contribution in [0.5, 0.6) is 5.75 Å². The first-order chi connectivity index (χ1) is 64.4. The summed E-state index contributed by atoms with van der Waals surface area (Å²) >= 11 is 8.34. The summed E-state index contributed by atoms with van der Waals surface area (Å²) in [6, 6.07) is 2.29. The molecule has 0 radical (unpaired) electrons. The van der Waals surface area contributed by atoms with Gasteiger partial charge in [0.25, 0.3) is 0 Å². The number of fused-ring (bicyclic) bond motifs is 1. The van der Waals surface area contributed by atoms with E-state index >= 15 is 4.79 Å². The van der Waals surface area contributed by atoms with Crippen molar-refractivity contribution in [1.29, 1.82) is 5.41 Å². The number of nitrogens with zero attached hydrogens (tertiary/aromatic N) is 1. The number of benzene rings is 4. The number of primary amides is 1. The standard InChI is InChI=1S/C87H119N21O26S2/c1-43(2)31-55(101-83(130)70(44(3)110)107-80(127)62(40-109)103-72(119)52(88)20-13-29-92-87(90)91)74(121)104-63(41-135)81(128)98-58(35-49-38-93-53-21-12-11-19-51(49)53)77(124)97-57(32-46-15-7-5-8-16-46)76(123)96-54(27-28-68(115)116)73(120)94-39-67(114)95-56(33-48-23-25-50(112)26-24-48)75(122)100-60(37-69(117)118)78(125)99-59(36-66(89)113)79(126)106-71(45(4)111)84(131)102-61(34-47-17-9-6-10-18-47)85(132)108-30-14-22-65(108)82(129)105-64(42-136)86(133)134/h5-12,15-19,21,23-26,38,43-45,52,54-65,70-71,93,109-112,135-136H,13-14,20,22,27-37,39-42,88H2,1-4H3,(H2,89,113)(H,94,120)(H,95,114)(H,96,123)(H,97,124)(H,98,128)(H,99,125)(H,100,122)(H,101,130)(H,102,131)(H,103,119)(H,104,121)(H,105,129)(H,106,126)(H,107,127)(H,115,116)(H,117,118)(H,133,134)(H4,90,91,92)/t44-,45-,52+,54+,55+,56+,57+,58+,59+,60+,61+,62+,63+,64+,65+,70+,71+/m1/s1. The van der Waals surface area contributed by atoms with Gasteiger partial charge in [-0.1, -0.05) is 105 Å². The highest BCUT2D eigenvalue weighted by Gasteiger charge is 2.43. The summed E-state index contributed by atoms with van der Waals surface area (Å²) in [6.45, 7) is 3.61. The number of aromatic hydroxyl groups is 1. The number of hydrogen-bond donors (Lipinski definition) is 29. The number of phenolic OH excluding ortho intramolecular Hbond substituents is 1. The van der Waals surface area contributed by atoms with Crippen molar-refractivity contribution in [2.24, 2.45) is 23.1 Å². The number of aromatic amines is 1. The van der Waals surface area contributed by atoms with Gasteiger partial charge in [-0.15, -0.1) is 0 Å². The average molecular weight is 1940 g/mol. The zero-order valence-electron chi connectivity index (χ0n) is 74.8. The Bertz CT molecular complexity index is 5040. The topological polar surface area (TPSA) is 767 Å². The molecule has 4 aromatic carbocycles. The molecule has 30 N–H and O–H groups in total. The Hall–Kier alpha value is -14.0. The van der Waals surface area contributed by atoms with E-state index in [4.69, 9.17) is 22.6 Å². The van der Waals surface area contributed by atoms with Gasteiger partial charge in [0, 0.05) is 73.8 Å². The third-order valence-electron chi connectivity index (χ3n) is 21.4. The first kappa shape index (κ1) is 111. The summed E-state index contributed by atoms with van der Waals surface area (Å²) in [4.78, 5) is 267. The lowest BCUT2D eigenvalue weighted by Gasteiger charge is -2.31. The third-order valence-corrected chi connectivity index (χ3v) is 22.1. The minimum absolute atomic E-state index is 0.0245. The number of nitrogens with one attached hydrogen (secondary N) is 17. The van der Waals surface area contributed by atoms with Crippen LogP contribution in [0.1, 0.15) is 108 Å². The Kier molecular flexibility index (Phi) is 44.7. The van der Waals surface area contributed by atoms with Crippen molar-refractivity contribution in [3.05, 3.63) is 138 Å². The van der Waals surface area contributed by atoms with E-state index in [0.717, 1.165) is 18.7 Å². The SMILES string of the molecule is CC(C)C[C@H](NC(=O)[C@@H](NC(=O)[C@H](CO)NC(=O)[C@@H](N)CCCNC(=N)N)[C@@H](C)O)C(=O)N[C@@H](CS)C(=O)N[C@@H](Cc1c[nH]c2ccccc12)C(=O)N[C@@H](Cc1ccccc1)C(=O)N[C@@H](CCC(=O)O)C(=O)NCC(=O)N[C@@H](Cc1ccc(O)cc1)C(=O)N[C@@H](CC(=O)O)C(=O)N[C@@H](CC(N)=O)C(=O)N[C@H](C(=O)N[C@@H](Cc1ccccc1)C(=O)N1CCC[C@H]1C(=O)N[C@@H](CS)C(=O)O)[C@@H](C)O. The predicted octanol–water partition coefficient (Wildman–Crippen LogP) is -6.90. The van der Waals surface area contributed by atoms with Crippen LogP contribution >= 0.6 is 25.3 Å². The van der Waals surface area contributed by atoms with E-state index in [1.165, 1.54) is 24.3 Å². The number of para-hydroxylation sites is 1. The minimum Gasteiger partial charge on any atom is -0.508 e. The van der Waals surface area contributed by atoms with Crippen LogP contribution in [0.25, 0.3) is 10.9 Å². The number of carbonyl (C=O) groups is 19. The second-order valence-electron chi connectivity index (χ2n) is 32.7. The van der Waals surface area contributed by atoms with Crippen molar-refractivity contribution in [2.75, 3.05) is 37.7 Å². The molecule has 5 aromatic rings. The van der Waals surface area contributed by atoms with Crippen LogP contribution in [0.2, 0.25) is 0 Å². The molecule has 1 aliphatic rings. The van der Waals surface area contributed by atoms with Crippen LogP contribution in [0, 0.1) is 11.3 Å². The maximum absolute atomic E-state index is 15.1. The van der Waals surface area contributed by atoms with Crippen LogP contribution < -0.4 is 97.0 Å². The number of aliphatic hydroxyl groups is 3. The first-order valence-corrected chi connectivity index (χ1v) is 44.6. The van der Waals surface area contributed by atoms with E-state index in [1.807, 2.05) is 0 Å². The molecule has 1 saturated heterocycles. The van der Waals surface area contributed by atoms with Crippen molar-refractivity contribution < 1.29 is 127 Å². The fourth-order valence-corrected chi connectivity index (χ4v) is 14.8. The number of thiol groups is 2. The van der Waals surface area contributed by atoms with Gasteiger partial charge >= 0.3 is 17.9 Å². The van der Waals surface area contributed by atoms with E-state index in [9.17, 15) is 122 Å². The summed E-state index contributed by atoms with van der Waals surface area (Å²) in [5, 5.41) is 115. The number of aromatic nitrogens is 1. The molecule has 740 valence electrons. The number of carbonyl (C=O) groups excluding carboxylic acids is 16. The lowest BCUT2D eigenvalue weighted by molar-refractivity contribution is -0.144. The van der Waals surface area contributed by atoms with Gasteiger partial charge in [-0.3, -0.25) is 91.7 Å². The van der Waals surface area contributed by atoms with Crippen LogP contribution in [-0.2, 0) is 117 Å². The predicted molar refractivity (Wildman–Crippen MR) is 492 cm³/mol. The molecule has 0 spiro atoms. The van der Waals surface area contributed by atoms with Crippen LogP contribution in [-0.4, -0.2) is 305 Å². The molecule has 47 nitrogen and oxygen atoms in total. The summed E-state index contributed by atoms with van der Waals surface area (Å²) in [6.07, 6.45) is -6.78. The number of aliphatic hydroxyl groups excluding tert-OH is 3. The molecule has 49 heteroatoms. The number of H-pyrrole nitrogens is 1. The van der Waals surface area contributed by atoms with Gasteiger partial charge in [0.05, 0.1) is 44.2 Å². The second-order valence-corrected chi connectivity index (χ2v) is 33.4. The number of guanidine groups is 1. The lowest BCUT2D eigenvalue weighted by Crippen LogP contribution is -2.62. The molecule has 6 rings (SSSR count). The number of nitrogens with two attached hydrogens (primary N) is 3. The number of likely N-dealkylation sites (tertiary alicyclic amines) is 1. The summed E-state index contributed by atoms with van der Waals surface area (Å²) < 4.78 is 0. The number of carboxylic acid groups (broad SMARTS) is 3. The molecule has 0 bridgehead atoms. The maximum atomic E-state index is 15.1. The molecule has 16 amide bonds. The maximum Gasteiger partial charge on any atom is 0.327 e. The molecule has 17 atom stereocenters. The van der Waals surface area contributed by atoms with E-state index in [1.54, 1.807) is 105 Å². The van der Waals surface area contributed by atoms with Gasteiger partial charge in [-0.2, -0.15) is 25.3 Å². The quantitative estimate of drug-likeness (QED) is 0.00744. The van der Waals surface area contributed by atoms with E-state index < -0.39 is 266 Å². The molecular formula is C87H119N21O26S2. The summed E-state index contributed by atoms with van der Waals surface area (Å²) in [7, 11) is 0. The second kappa shape index (κ2) is 55.0. The van der Waals surface area contributed by atoms with Crippen LogP contribution in [0.3, 0.4) is 0 Å². The van der Waals surface area contributed by atoms with Crippen molar-refractivity contribution in [3.8, 4) is 5.75 Å². The number of amides is 16. The molecule has 136 heavy (non-hydrogen) atoms. The largest absolute Gasteiger partial charge is 0.508 e. The Morgan fingerprint density at radius 3 is 1.46 bits per heavy atom. The molecule has 1 aromatic heterocycles. The molecule has 0 aliphatic carbocycles. The van der Waals surface area contributed by atoms with Crippen molar-refractivity contribution >= 4 is 155 Å². The zero-order valence-corrected chi connectivity index (χ0v) is 76.5. The molecule has 1 fully saturated rings. The van der Waals surface area contributed by atoms with Crippen LogP contribution in [0.4, 0.5) is 0 Å². The van der Waals surface area contributed by atoms with Gasteiger partial charge in [-0.05, 0) is 98.7 Å². The van der Waals surface area contributed by atoms with Crippen molar-refractivity contribution in [1.82, 2.24) is 89.6 Å². The Labute approximate surface area is 790 Å². The van der Waals surface area contributed by atoms with Gasteiger partial charge in [0.1, 0.15) is 90.3 Å². The minimum atomic E-state index is -2.23. The fourth-order valence-electron chi connectivity index (χ4n) is 14.3. The Morgan fingerprint density at radius 2 is 0.934 bits per heavy atom. The summed E-state index contributed by atoms with van der Waals surface area (Å²) in [5.41, 5.74) is 18.9. The Balaban J connectivity index is 1.20. The third kappa shape index (κ3) is 36.1. The monoisotopic (exact) mass is 1940 g/mol. The van der Waals surface area contributed by atoms with Gasteiger partial charge in [0.2, 0.25) is 94.5 Å². The average Bonchev–Trinajstić information content (AvgIpc) is 1.67. The number of phenols is 1. The fraction of sp³-hybridized carbons (Fsp3) is 0.471. The lowest BCUT2D eigenvalue weighted by atomic mass is 10.0. The number of rotatable bonds is 56. The molecule has 1 aliphatic heterocycles. The van der Waals surface area contributed by atoms with Crippen LogP contribution in [0.15, 0.2) is 115 Å². The van der Waals surface area contributed by atoms with Gasteiger partial charge < -0.3 is 143 Å². The molecule has 0 unspecified atom stereocenters. The number of hydrogen-bond acceptors (Lipinski definition) is 27. The van der Waals surface area contributed by atoms with Crippen molar-refractivity contribution in [3.63, 3.8) is 0 Å². The normalized spacial score (nSPS) is 15.8. The van der Waals surface area contributed by atoms with E-state index in [0.29, 0.717) is 27.6 Å². The van der Waals surface area contributed by atoms with E-state index in [2.05, 4.69) is 110 Å². The number of carboxylic acids is 3. The smallest absolute Gasteiger partial charge is 0.327 e. The van der Waals surface area contributed by atoms with Gasteiger partial charge in [-0.25, -0.2) is 4.79 Å². The highest BCUT2D eigenvalue weighted by Crippen LogP contribution is 2.24. The van der Waals surface area contributed by atoms with E-state index in [-0.39, 0.29) is 93.4 Å². The highest BCUT2D eigenvalue weighted by molar-refractivity contribution is 7.80. The first-order valence-electron chi connectivity index (χ1n) is 43.3. The van der Waals surface area contributed by atoms with Gasteiger partial charge in [0.15, 0.2) is 5.96 Å². The zero-order chi connectivity index (χ0) is 101. The molecule has 0 saturated carbocycles. The number of aliphatic carboxylic acids is 3. The summed E-state index contributed by atoms with van der Waals surface area (Å²) in [5.74, 6) is -24.7. The molecule has 2 heterocycles. The Morgan fingerprint density at radius 1 is 0.478 bits per heavy atom. The highest BCUT2D eigenvalue weighted by atomic mass is 32.1. The molecular weight excluding hydrogens is 1820 g/mol.